The summed E-state index contributed by atoms with van der Waals surface area (Å²) in [6.45, 7) is 3.20. The molecule has 0 spiro atoms. The second kappa shape index (κ2) is 5.72. The van der Waals surface area contributed by atoms with Crippen molar-refractivity contribution < 1.29 is 14.6 Å². The number of aliphatic hydroxyl groups excluding tert-OH is 1. The van der Waals surface area contributed by atoms with Crippen molar-refractivity contribution in [2.45, 2.75) is 26.0 Å². The molecule has 5 nitrogen and oxygen atoms in total. The Morgan fingerprint density at radius 3 is 2.80 bits per heavy atom. The van der Waals surface area contributed by atoms with Gasteiger partial charge in [-0.15, -0.1) is 0 Å². The van der Waals surface area contributed by atoms with E-state index in [1.165, 1.54) is 0 Å². The van der Waals surface area contributed by atoms with E-state index in [1.54, 1.807) is 25.1 Å². The van der Waals surface area contributed by atoms with Crippen LogP contribution >= 0.6 is 0 Å². The number of rotatable bonds is 6. The zero-order chi connectivity index (χ0) is 11.3. The molecule has 1 aromatic heterocycles. The Kier molecular flexibility index (Phi) is 4.58. The Balaban J connectivity index is 2.83. The molecule has 0 aromatic carbocycles. The van der Waals surface area contributed by atoms with Crippen molar-refractivity contribution in [3.63, 3.8) is 0 Å². The van der Waals surface area contributed by atoms with Gasteiger partial charge in [0.15, 0.2) is 5.75 Å². The highest BCUT2D eigenvalue weighted by Crippen LogP contribution is 2.26. The molecule has 1 N–H and O–H groups in total. The highest BCUT2D eigenvalue weighted by molar-refractivity contribution is 5.27. The molecule has 1 heterocycles. The fourth-order valence-electron chi connectivity index (χ4n) is 1.49. The molecule has 0 amide bonds. The van der Waals surface area contributed by atoms with Gasteiger partial charge in [0.05, 0.1) is 13.3 Å². The van der Waals surface area contributed by atoms with Crippen LogP contribution in [0, 0.1) is 0 Å². The molecule has 1 atom stereocenters. The van der Waals surface area contributed by atoms with Gasteiger partial charge in [-0.2, -0.15) is 5.10 Å². The van der Waals surface area contributed by atoms with E-state index in [0.717, 1.165) is 5.69 Å². The third kappa shape index (κ3) is 2.70. The third-order valence-electron chi connectivity index (χ3n) is 2.28. The quantitative estimate of drug-likeness (QED) is 0.767. The van der Waals surface area contributed by atoms with Gasteiger partial charge in [-0.25, -0.2) is 0 Å². The summed E-state index contributed by atoms with van der Waals surface area (Å²) in [5.74, 6) is 0.625. The second-order valence-electron chi connectivity index (χ2n) is 3.21. The van der Waals surface area contributed by atoms with Crippen LogP contribution in [0.1, 0.15) is 25.1 Å². The topological polar surface area (TPSA) is 56.5 Å². The molecule has 15 heavy (non-hydrogen) atoms. The average Bonchev–Trinajstić information content (AvgIpc) is 2.68. The summed E-state index contributed by atoms with van der Waals surface area (Å²) in [4.78, 5) is 0. The molecular formula is C10H18N2O3. The van der Waals surface area contributed by atoms with Gasteiger partial charge >= 0.3 is 0 Å². The SMILES string of the molecule is CCn1ncc(OC)c1C(O)CCOC. The zero-order valence-electron chi connectivity index (χ0n) is 9.43. The smallest absolute Gasteiger partial charge is 0.162 e. The molecule has 1 aromatic rings. The first-order valence-corrected chi connectivity index (χ1v) is 5.01. The van der Waals surface area contributed by atoms with E-state index in [2.05, 4.69) is 5.10 Å². The highest BCUT2D eigenvalue weighted by Gasteiger charge is 2.18. The number of aliphatic hydroxyl groups is 1. The Bertz CT molecular complexity index is 277. The van der Waals surface area contributed by atoms with Gasteiger partial charge < -0.3 is 14.6 Å². The van der Waals surface area contributed by atoms with Crippen LogP contribution in [0.3, 0.4) is 0 Å². The summed E-state index contributed by atoms with van der Waals surface area (Å²) in [5.41, 5.74) is 0.719. The summed E-state index contributed by atoms with van der Waals surface area (Å²) >= 11 is 0. The van der Waals surface area contributed by atoms with Crippen LogP contribution in [0.15, 0.2) is 6.20 Å². The molecule has 1 rings (SSSR count). The van der Waals surface area contributed by atoms with Gasteiger partial charge in [0.2, 0.25) is 0 Å². The van der Waals surface area contributed by atoms with Crippen LogP contribution in [0.25, 0.3) is 0 Å². The van der Waals surface area contributed by atoms with Crippen molar-refractivity contribution >= 4 is 0 Å². The first-order valence-electron chi connectivity index (χ1n) is 5.01. The van der Waals surface area contributed by atoms with E-state index in [4.69, 9.17) is 9.47 Å². The van der Waals surface area contributed by atoms with Crippen LogP contribution < -0.4 is 4.74 Å². The summed E-state index contributed by atoms with van der Waals surface area (Å²) in [6.07, 6.45) is 1.57. The summed E-state index contributed by atoms with van der Waals surface area (Å²) in [5, 5.41) is 14.1. The molecule has 5 heteroatoms. The minimum absolute atomic E-state index is 0.513. The monoisotopic (exact) mass is 214 g/mol. The lowest BCUT2D eigenvalue weighted by molar-refractivity contribution is 0.102. The molecule has 0 radical (unpaired) electrons. The Morgan fingerprint density at radius 1 is 1.53 bits per heavy atom. The predicted molar refractivity (Wildman–Crippen MR) is 55.9 cm³/mol. The van der Waals surface area contributed by atoms with Gasteiger partial charge in [0.25, 0.3) is 0 Å². The van der Waals surface area contributed by atoms with Crippen molar-refractivity contribution in [1.82, 2.24) is 9.78 Å². The Morgan fingerprint density at radius 2 is 2.27 bits per heavy atom. The Labute approximate surface area is 89.6 Å². The first-order chi connectivity index (χ1) is 7.24. The van der Waals surface area contributed by atoms with Crippen LogP contribution in [0.5, 0.6) is 5.75 Å². The minimum Gasteiger partial charge on any atom is -0.493 e. The molecular weight excluding hydrogens is 196 g/mol. The zero-order valence-corrected chi connectivity index (χ0v) is 9.43. The van der Waals surface area contributed by atoms with Crippen molar-refractivity contribution in [3.05, 3.63) is 11.9 Å². The average molecular weight is 214 g/mol. The number of aromatic nitrogens is 2. The molecule has 0 saturated heterocycles. The van der Waals surface area contributed by atoms with E-state index in [1.807, 2.05) is 6.92 Å². The van der Waals surface area contributed by atoms with Crippen molar-refractivity contribution in [1.29, 1.82) is 0 Å². The van der Waals surface area contributed by atoms with Gasteiger partial charge in [-0.05, 0) is 6.92 Å². The third-order valence-corrected chi connectivity index (χ3v) is 2.28. The van der Waals surface area contributed by atoms with Crippen molar-refractivity contribution in [2.75, 3.05) is 20.8 Å². The molecule has 0 aliphatic carbocycles. The number of aryl methyl sites for hydroxylation is 1. The van der Waals surface area contributed by atoms with Crippen molar-refractivity contribution in [2.24, 2.45) is 0 Å². The van der Waals surface area contributed by atoms with Gasteiger partial charge in [0, 0.05) is 26.7 Å². The number of ether oxygens (including phenoxy) is 2. The van der Waals surface area contributed by atoms with E-state index in [9.17, 15) is 5.11 Å². The summed E-state index contributed by atoms with van der Waals surface area (Å²) < 4.78 is 11.8. The van der Waals surface area contributed by atoms with E-state index < -0.39 is 6.10 Å². The normalized spacial score (nSPS) is 12.8. The molecule has 0 aliphatic rings. The minimum atomic E-state index is -0.595. The number of hydrogen-bond acceptors (Lipinski definition) is 4. The van der Waals surface area contributed by atoms with Crippen molar-refractivity contribution in [3.8, 4) is 5.75 Å². The molecule has 0 bridgehead atoms. The lowest BCUT2D eigenvalue weighted by atomic mass is 10.2. The highest BCUT2D eigenvalue weighted by atomic mass is 16.5. The molecule has 0 fully saturated rings. The first kappa shape index (κ1) is 12.0. The number of methoxy groups -OCH3 is 2. The lowest BCUT2D eigenvalue weighted by Gasteiger charge is -2.13. The van der Waals surface area contributed by atoms with Crippen LogP contribution in [-0.2, 0) is 11.3 Å². The fraction of sp³-hybridized carbons (Fsp3) is 0.700. The van der Waals surface area contributed by atoms with Crippen LogP contribution in [0.2, 0.25) is 0 Å². The second-order valence-corrected chi connectivity index (χ2v) is 3.21. The molecule has 0 aliphatic heterocycles. The standard InChI is InChI=1S/C10H18N2O3/c1-4-12-10(8(13)5-6-14-2)9(15-3)7-11-12/h7-8,13H,4-6H2,1-3H3. The van der Waals surface area contributed by atoms with E-state index >= 15 is 0 Å². The number of hydrogen-bond donors (Lipinski definition) is 1. The van der Waals surface area contributed by atoms with Gasteiger partial charge in [0.1, 0.15) is 11.8 Å². The van der Waals surface area contributed by atoms with Gasteiger partial charge in [-0.3, -0.25) is 4.68 Å². The van der Waals surface area contributed by atoms with Crippen LogP contribution in [0.4, 0.5) is 0 Å². The maximum atomic E-state index is 9.94. The largest absolute Gasteiger partial charge is 0.493 e. The van der Waals surface area contributed by atoms with E-state index in [0.29, 0.717) is 25.3 Å². The molecule has 86 valence electrons. The number of nitrogens with zero attached hydrogens (tertiary/aromatic N) is 2. The van der Waals surface area contributed by atoms with E-state index in [-0.39, 0.29) is 0 Å². The lowest BCUT2D eigenvalue weighted by Crippen LogP contribution is -2.10. The molecule has 0 saturated carbocycles. The molecule has 1 unspecified atom stereocenters. The predicted octanol–water partition coefficient (Wildman–Crippen LogP) is 0.982. The summed E-state index contributed by atoms with van der Waals surface area (Å²) in [6, 6.07) is 0. The van der Waals surface area contributed by atoms with Gasteiger partial charge in [-0.1, -0.05) is 0 Å². The maximum Gasteiger partial charge on any atom is 0.162 e. The maximum absolute atomic E-state index is 9.94. The summed E-state index contributed by atoms with van der Waals surface area (Å²) in [7, 11) is 3.19. The fourth-order valence-corrected chi connectivity index (χ4v) is 1.49. The Hall–Kier alpha value is -1.07. The van der Waals surface area contributed by atoms with Crippen LogP contribution in [-0.4, -0.2) is 35.7 Å².